The smallest absolute Gasteiger partial charge is 0.300 e. The van der Waals surface area contributed by atoms with Gasteiger partial charge in [0.25, 0.3) is 11.7 Å². The number of aliphatic hydroxyl groups is 1. The standard InChI is InChI=1S/C34H28N2O4/c1-22-19-24(17-18-29(22)40-21-23-11-5-3-6-12-23)32(37)30-31(27-20-35(2)28-16-10-9-15-26(27)28)36(34(39)33(30)38)25-13-7-4-8-14-25/h3-20,31,37H,21H2,1-2H3/b32-30+. The van der Waals surface area contributed by atoms with Crippen LogP contribution in [0.2, 0.25) is 0 Å². The summed E-state index contributed by atoms with van der Waals surface area (Å²) < 4.78 is 7.98. The predicted molar refractivity (Wildman–Crippen MR) is 156 cm³/mol. The second-order valence-corrected chi connectivity index (χ2v) is 9.97. The Morgan fingerprint density at radius 2 is 1.55 bits per heavy atom. The molecule has 6 nitrogen and oxygen atoms in total. The Kier molecular flexibility index (Phi) is 6.44. The SMILES string of the molecule is Cc1cc(/C(O)=C2\C(=O)C(=O)N(c3ccccc3)C2c2cn(C)c3ccccc23)ccc1OCc1ccccc1. The van der Waals surface area contributed by atoms with Crippen LogP contribution in [0.5, 0.6) is 5.75 Å². The van der Waals surface area contributed by atoms with Gasteiger partial charge in [-0.1, -0.05) is 66.7 Å². The number of aromatic nitrogens is 1. The molecule has 0 radical (unpaired) electrons. The average Bonchev–Trinajstić information content (AvgIpc) is 3.45. The van der Waals surface area contributed by atoms with Crippen molar-refractivity contribution in [1.82, 2.24) is 4.57 Å². The lowest BCUT2D eigenvalue weighted by atomic mass is 9.94. The van der Waals surface area contributed by atoms with Gasteiger partial charge in [-0.05, 0) is 54.4 Å². The summed E-state index contributed by atoms with van der Waals surface area (Å²) in [5, 5.41) is 12.5. The van der Waals surface area contributed by atoms with E-state index in [9.17, 15) is 14.7 Å². The zero-order valence-electron chi connectivity index (χ0n) is 22.2. The van der Waals surface area contributed by atoms with Gasteiger partial charge in [-0.25, -0.2) is 0 Å². The summed E-state index contributed by atoms with van der Waals surface area (Å²) in [6, 6.07) is 31.3. The van der Waals surface area contributed by atoms with Gasteiger partial charge in [0.2, 0.25) is 0 Å². The summed E-state index contributed by atoms with van der Waals surface area (Å²) in [4.78, 5) is 28.6. The van der Waals surface area contributed by atoms with Crippen LogP contribution >= 0.6 is 0 Å². The number of rotatable bonds is 6. The first kappa shape index (κ1) is 25.2. The van der Waals surface area contributed by atoms with Crippen LogP contribution in [0.3, 0.4) is 0 Å². The third kappa shape index (κ3) is 4.33. The Morgan fingerprint density at radius 1 is 0.875 bits per heavy atom. The van der Waals surface area contributed by atoms with Crippen LogP contribution in [-0.4, -0.2) is 21.4 Å². The van der Waals surface area contributed by atoms with E-state index in [1.165, 1.54) is 4.90 Å². The molecule has 1 N–H and O–H groups in total. The molecule has 1 saturated heterocycles. The normalized spacial score (nSPS) is 16.6. The van der Waals surface area contributed by atoms with E-state index in [4.69, 9.17) is 4.74 Å². The molecular weight excluding hydrogens is 500 g/mol. The summed E-state index contributed by atoms with van der Waals surface area (Å²) >= 11 is 0. The summed E-state index contributed by atoms with van der Waals surface area (Å²) in [5.41, 5.74) is 4.67. The Hall–Kier alpha value is -5.10. The Morgan fingerprint density at radius 3 is 2.27 bits per heavy atom. The number of ether oxygens (including phenoxy) is 1. The number of carbonyl (C=O) groups is 2. The zero-order valence-corrected chi connectivity index (χ0v) is 22.2. The van der Waals surface area contributed by atoms with E-state index in [2.05, 4.69) is 0 Å². The first-order valence-corrected chi connectivity index (χ1v) is 13.1. The highest BCUT2D eigenvalue weighted by Crippen LogP contribution is 2.44. The van der Waals surface area contributed by atoms with E-state index >= 15 is 0 Å². The second kappa shape index (κ2) is 10.2. The molecule has 6 rings (SSSR count). The molecule has 0 bridgehead atoms. The van der Waals surface area contributed by atoms with Gasteiger partial charge in [0, 0.05) is 41.0 Å². The highest BCUT2D eigenvalue weighted by atomic mass is 16.5. The topological polar surface area (TPSA) is 71.8 Å². The van der Waals surface area contributed by atoms with Crippen LogP contribution in [0.4, 0.5) is 5.69 Å². The summed E-state index contributed by atoms with van der Waals surface area (Å²) in [5.74, 6) is -0.935. The summed E-state index contributed by atoms with van der Waals surface area (Å²) in [7, 11) is 1.93. The minimum absolute atomic E-state index is 0.0579. The molecule has 1 fully saturated rings. The molecule has 2 heterocycles. The lowest BCUT2D eigenvalue weighted by Crippen LogP contribution is -2.29. The average molecular weight is 529 g/mol. The fourth-order valence-corrected chi connectivity index (χ4v) is 5.42. The third-order valence-electron chi connectivity index (χ3n) is 7.39. The first-order chi connectivity index (χ1) is 19.4. The molecule has 0 aliphatic carbocycles. The maximum atomic E-state index is 13.6. The number of hydrogen-bond acceptors (Lipinski definition) is 4. The molecule has 1 unspecified atom stereocenters. The maximum absolute atomic E-state index is 13.6. The van der Waals surface area contributed by atoms with Crippen LogP contribution in [0.25, 0.3) is 16.7 Å². The molecule has 1 aliphatic rings. The number of Topliss-reactive ketones (excluding diaryl/α,β-unsaturated/α-hetero) is 1. The minimum Gasteiger partial charge on any atom is -0.507 e. The van der Waals surface area contributed by atoms with Crippen LogP contribution in [0, 0.1) is 6.92 Å². The highest BCUT2D eigenvalue weighted by molar-refractivity contribution is 6.51. The lowest BCUT2D eigenvalue weighted by Gasteiger charge is -2.25. The molecule has 6 heteroatoms. The molecule has 4 aromatic carbocycles. The number of fused-ring (bicyclic) bond motifs is 1. The number of aryl methyl sites for hydroxylation is 2. The van der Waals surface area contributed by atoms with Crippen molar-refractivity contribution in [3.8, 4) is 5.75 Å². The van der Waals surface area contributed by atoms with Gasteiger partial charge < -0.3 is 14.4 Å². The molecule has 0 saturated carbocycles. The number of aliphatic hydroxyl groups excluding tert-OH is 1. The predicted octanol–water partition coefficient (Wildman–Crippen LogP) is 6.69. The van der Waals surface area contributed by atoms with Gasteiger partial charge in [0.05, 0.1) is 11.6 Å². The van der Waals surface area contributed by atoms with Gasteiger partial charge in [-0.15, -0.1) is 0 Å². The molecule has 1 aromatic heterocycles. The highest BCUT2D eigenvalue weighted by Gasteiger charge is 2.47. The van der Waals surface area contributed by atoms with Crippen LogP contribution in [0.1, 0.15) is 28.3 Å². The van der Waals surface area contributed by atoms with Crippen molar-refractivity contribution < 1.29 is 19.4 Å². The molecule has 5 aromatic rings. The van der Waals surface area contributed by atoms with E-state index in [-0.39, 0.29) is 11.3 Å². The number of nitrogens with zero attached hydrogens (tertiary/aromatic N) is 2. The Balaban J connectivity index is 1.46. The van der Waals surface area contributed by atoms with Gasteiger partial charge in [0.15, 0.2) is 0 Å². The van der Waals surface area contributed by atoms with E-state index in [0.717, 1.165) is 27.6 Å². The quantitative estimate of drug-likeness (QED) is 0.151. The van der Waals surface area contributed by atoms with Crippen molar-refractivity contribution in [2.24, 2.45) is 7.05 Å². The maximum Gasteiger partial charge on any atom is 0.300 e. The van der Waals surface area contributed by atoms with Crippen LogP contribution < -0.4 is 9.64 Å². The minimum atomic E-state index is -0.803. The van der Waals surface area contributed by atoms with Crippen molar-refractivity contribution in [2.45, 2.75) is 19.6 Å². The Bertz CT molecular complexity index is 1770. The van der Waals surface area contributed by atoms with Crippen LogP contribution in [0.15, 0.2) is 115 Å². The van der Waals surface area contributed by atoms with Crippen molar-refractivity contribution in [2.75, 3.05) is 4.90 Å². The molecule has 0 spiro atoms. The molecule has 1 amide bonds. The number of hydrogen-bond donors (Lipinski definition) is 1. The van der Waals surface area contributed by atoms with Crippen molar-refractivity contribution in [3.63, 3.8) is 0 Å². The number of carbonyl (C=O) groups excluding carboxylic acids is 2. The van der Waals surface area contributed by atoms with E-state index in [1.807, 2.05) is 97.5 Å². The van der Waals surface area contributed by atoms with E-state index in [1.54, 1.807) is 30.3 Å². The zero-order chi connectivity index (χ0) is 27.8. The number of anilines is 1. The van der Waals surface area contributed by atoms with Gasteiger partial charge >= 0.3 is 0 Å². The van der Waals surface area contributed by atoms with Crippen LogP contribution in [-0.2, 0) is 23.2 Å². The fourth-order valence-electron chi connectivity index (χ4n) is 5.42. The van der Waals surface area contributed by atoms with Crippen molar-refractivity contribution in [3.05, 3.63) is 137 Å². The summed E-state index contributed by atoms with van der Waals surface area (Å²) in [6.45, 7) is 2.30. The van der Waals surface area contributed by atoms with Gasteiger partial charge in [-0.2, -0.15) is 0 Å². The molecule has 1 aliphatic heterocycles. The van der Waals surface area contributed by atoms with Crippen molar-refractivity contribution >= 4 is 34.0 Å². The molecular formula is C34H28N2O4. The van der Waals surface area contributed by atoms with Gasteiger partial charge in [0.1, 0.15) is 18.1 Å². The second-order valence-electron chi connectivity index (χ2n) is 9.97. The number of ketones is 1. The van der Waals surface area contributed by atoms with E-state index in [0.29, 0.717) is 23.6 Å². The van der Waals surface area contributed by atoms with Gasteiger partial charge in [-0.3, -0.25) is 14.5 Å². The molecule has 40 heavy (non-hydrogen) atoms. The molecule has 198 valence electrons. The number of benzene rings is 4. The third-order valence-corrected chi connectivity index (χ3v) is 7.39. The largest absolute Gasteiger partial charge is 0.507 e. The van der Waals surface area contributed by atoms with E-state index < -0.39 is 17.7 Å². The number of para-hydroxylation sites is 2. The first-order valence-electron chi connectivity index (χ1n) is 13.1. The lowest BCUT2D eigenvalue weighted by molar-refractivity contribution is -0.132. The summed E-state index contributed by atoms with van der Waals surface area (Å²) in [6.07, 6.45) is 1.93. The monoisotopic (exact) mass is 528 g/mol. The van der Waals surface area contributed by atoms with Crippen molar-refractivity contribution in [1.29, 1.82) is 0 Å². The fraction of sp³-hybridized carbons (Fsp3) is 0.118. The molecule has 1 atom stereocenters. The Labute approximate surface area is 232 Å². The number of amides is 1.